The van der Waals surface area contributed by atoms with Crippen LogP contribution in [0.1, 0.15) is 32.3 Å². The zero-order valence-electron chi connectivity index (χ0n) is 18.1. The largest absolute Gasteiger partial charge is 0.493 e. The summed E-state index contributed by atoms with van der Waals surface area (Å²) in [6, 6.07) is 23.4. The summed E-state index contributed by atoms with van der Waals surface area (Å²) >= 11 is 0. The van der Waals surface area contributed by atoms with Crippen LogP contribution in [0.5, 0.6) is 11.5 Å². The summed E-state index contributed by atoms with van der Waals surface area (Å²) < 4.78 is 12.0. The Hall–Kier alpha value is -2.78. The Morgan fingerprint density at radius 1 is 0.667 bits per heavy atom. The van der Waals surface area contributed by atoms with Crippen molar-refractivity contribution >= 4 is 0 Å². The molecule has 0 radical (unpaired) electrons. The van der Waals surface area contributed by atoms with Gasteiger partial charge in [0.05, 0.1) is 13.2 Å². The molecule has 3 nitrogen and oxygen atoms in total. The van der Waals surface area contributed by atoms with E-state index in [-0.39, 0.29) is 0 Å². The highest BCUT2D eigenvalue weighted by Gasteiger charge is 2.20. The van der Waals surface area contributed by atoms with Crippen molar-refractivity contribution in [2.75, 3.05) is 26.3 Å². The third-order valence-corrected chi connectivity index (χ3v) is 5.68. The number of likely N-dealkylation sites (tertiary alicyclic amines) is 1. The summed E-state index contributed by atoms with van der Waals surface area (Å²) in [5, 5.41) is 0. The Morgan fingerprint density at radius 3 is 1.90 bits per heavy atom. The lowest BCUT2D eigenvalue weighted by Crippen LogP contribution is -2.19. The van der Waals surface area contributed by atoms with E-state index in [2.05, 4.69) is 59.5 Å². The van der Waals surface area contributed by atoms with Gasteiger partial charge in [-0.1, -0.05) is 54.6 Å². The highest BCUT2D eigenvalue weighted by atomic mass is 16.5. The maximum Gasteiger partial charge on any atom is 0.127 e. The molecule has 1 aliphatic heterocycles. The van der Waals surface area contributed by atoms with E-state index < -0.39 is 0 Å². The van der Waals surface area contributed by atoms with Crippen molar-refractivity contribution < 1.29 is 9.47 Å². The minimum absolute atomic E-state index is 0.648. The highest BCUT2D eigenvalue weighted by molar-refractivity contribution is 5.90. The van der Waals surface area contributed by atoms with E-state index in [4.69, 9.17) is 9.47 Å². The van der Waals surface area contributed by atoms with Gasteiger partial charge in [0.2, 0.25) is 0 Å². The minimum atomic E-state index is 0.648. The molecule has 0 saturated carbocycles. The summed E-state index contributed by atoms with van der Waals surface area (Å²) in [6.45, 7) is 8.68. The number of hydrogen-bond acceptors (Lipinski definition) is 3. The number of nitrogens with zero attached hydrogens (tertiary/aromatic N) is 1. The fraction of sp³-hybridized carbons (Fsp3) is 0.333. The third kappa shape index (κ3) is 4.36. The molecule has 0 N–H and O–H groups in total. The van der Waals surface area contributed by atoms with E-state index in [0.717, 1.165) is 29.2 Å². The molecule has 0 aromatic heterocycles. The molecule has 3 heteroatoms. The van der Waals surface area contributed by atoms with Gasteiger partial charge >= 0.3 is 0 Å². The molecule has 0 unspecified atom stereocenters. The Kier molecular flexibility index (Phi) is 6.70. The van der Waals surface area contributed by atoms with E-state index in [9.17, 15) is 0 Å². The van der Waals surface area contributed by atoms with Crippen LogP contribution < -0.4 is 9.47 Å². The molecule has 0 atom stereocenters. The topological polar surface area (TPSA) is 21.7 Å². The Balaban J connectivity index is 1.91. The molecule has 0 bridgehead atoms. The van der Waals surface area contributed by atoms with Gasteiger partial charge in [-0.3, -0.25) is 4.90 Å². The Morgan fingerprint density at radius 2 is 1.23 bits per heavy atom. The Labute approximate surface area is 180 Å². The molecule has 0 spiro atoms. The molecule has 156 valence electrons. The number of para-hydroxylation sites is 2. The lowest BCUT2D eigenvalue weighted by atomic mass is 9.89. The van der Waals surface area contributed by atoms with E-state index in [0.29, 0.717) is 13.2 Å². The Bertz CT molecular complexity index is 976. The van der Waals surface area contributed by atoms with Gasteiger partial charge < -0.3 is 9.47 Å². The average Bonchev–Trinajstić information content (AvgIpc) is 3.28. The lowest BCUT2D eigenvalue weighted by Gasteiger charge is -2.22. The molecule has 3 aromatic rings. The van der Waals surface area contributed by atoms with Crippen molar-refractivity contribution in [3.63, 3.8) is 0 Å². The third-order valence-electron chi connectivity index (χ3n) is 5.68. The van der Waals surface area contributed by atoms with Crippen LogP contribution in [0, 0.1) is 0 Å². The smallest absolute Gasteiger partial charge is 0.127 e. The second kappa shape index (κ2) is 9.82. The van der Waals surface area contributed by atoms with Crippen LogP contribution in [0.3, 0.4) is 0 Å². The second-order valence-corrected chi connectivity index (χ2v) is 7.68. The molecule has 1 heterocycles. The van der Waals surface area contributed by atoms with Crippen LogP contribution in [-0.2, 0) is 6.54 Å². The van der Waals surface area contributed by atoms with E-state index >= 15 is 0 Å². The molecule has 4 rings (SSSR count). The summed E-state index contributed by atoms with van der Waals surface area (Å²) in [7, 11) is 0. The van der Waals surface area contributed by atoms with Gasteiger partial charge in [0.1, 0.15) is 11.5 Å². The van der Waals surface area contributed by atoms with Gasteiger partial charge in [-0.05, 0) is 68.6 Å². The number of benzene rings is 3. The average molecular weight is 402 g/mol. The first-order valence-electron chi connectivity index (χ1n) is 11.1. The fourth-order valence-electron chi connectivity index (χ4n) is 4.38. The minimum Gasteiger partial charge on any atom is -0.493 e. The van der Waals surface area contributed by atoms with Crippen molar-refractivity contribution in [3.05, 3.63) is 72.3 Å². The van der Waals surface area contributed by atoms with Crippen LogP contribution in [0.15, 0.2) is 66.7 Å². The molecule has 30 heavy (non-hydrogen) atoms. The molecule has 0 aliphatic carbocycles. The van der Waals surface area contributed by atoms with Crippen molar-refractivity contribution in [2.24, 2.45) is 0 Å². The molecule has 3 aromatic carbocycles. The first-order chi connectivity index (χ1) is 14.8. The predicted octanol–water partition coefficient (Wildman–Crippen LogP) is 6.41. The lowest BCUT2D eigenvalue weighted by molar-refractivity contribution is 0.331. The van der Waals surface area contributed by atoms with E-state index in [1.807, 2.05) is 26.0 Å². The van der Waals surface area contributed by atoms with Gasteiger partial charge in [-0.15, -0.1) is 0 Å². The quantitative estimate of drug-likeness (QED) is 0.435. The standard InChI is InChI=1S/C27H31NO2/c1-3-29-25-16-7-5-13-22(25)23-15-11-12-21(20-28-18-9-10-19-28)27(23)24-14-6-8-17-26(24)30-4-2/h5-8,11-17H,3-4,9-10,18-20H2,1-2H3. The molecule has 1 aliphatic rings. The molecular weight excluding hydrogens is 370 g/mol. The first kappa shape index (κ1) is 20.5. The number of rotatable bonds is 8. The van der Waals surface area contributed by atoms with Crippen LogP contribution >= 0.6 is 0 Å². The first-order valence-corrected chi connectivity index (χ1v) is 11.1. The molecule has 1 fully saturated rings. The summed E-state index contributed by atoms with van der Waals surface area (Å²) in [5.41, 5.74) is 6.07. The monoisotopic (exact) mass is 401 g/mol. The maximum absolute atomic E-state index is 6.04. The summed E-state index contributed by atoms with van der Waals surface area (Å²) in [5.74, 6) is 1.86. The number of hydrogen-bond donors (Lipinski definition) is 0. The van der Waals surface area contributed by atoms with Crippen molar-refractivity contribution in [3.8, 4) is 33.8 Å². The predicted molar refractivity (Wildman–Crippen MR) is 124 cm³/mol. The van der Waals surface area contributed by atoms with Crippen LogP contribution in [0.2, 0.25) is 0 Å². The van der Waals surface area contributed by atoms with E-state index in [1.165, 1.54) is 42.6 Å². The summed E-state index contributed by atoms with van der Waals surface area (Å²) in [4.78, 5) is 2.56. The molecule has 0 amide bonds. The zero-order chi connectivity index (χ0) is 20.8. The van der Waals surface area contributed by atoms with Gasteiger partial charge in [-0.2, -0.15) is 0 Å². The maximum atomic E-state index is 6.04. The van der Waals surface area contributed by atoms with Gasteiger partial charge in [0.15, 0.2) is 0 Å². The summed E-state index contributed by atoms with van der Waals surface area (Å²) in [6.07, 6.45) is 2.58. The van der Waals surface area contributed by atoms with Crippen molar-refractivity contribution in [1.29, 1.82) is 0 Å². The number of ether oxygens (including phenoxy) is 2. The normalized spacial score (nSPS) is 14.1. The van der Waals surface area contributed by atoms with Crippen LogP contribution in [-0.4, -0.2) is 31.2 Å². The molecule has 1 saturated heterocycles. The van der Waals surface area contributed by atoms with Gasteiger partial charge in [-0.25, -0.2) is 0 Å². The van der Waals surface area contributed by atoms with Crippen LogP contribution in [0.4, 0.5) is 0 Å². The second-order valence-electron chi connectivity index (χ2n) is 7.68. The van der Waals surface area contributed by atoms with Gasteiger partial charge in [0.25, 0.3) is 0 Å². The molecular formula is C27H31NO2. The van der Waals surface area contributed by atoms with Crippen LogP contribution in [0.25, 0.3) is 22.3 Å². The zero-order valence-corrected chi connectivity index (χ0v) is 18.1. The SMILES string of the molecule is CCOc1ccccc1-c1cccc(CN2CCCC2)c1-c1ccccc1OCC. The fourth-order valence-corrected chi connectivity index (χ4v) is 4.38. The van der Waals surface area contributed by atoms with Gasteiger partial charge in [0, 0.05) is 17.7 Å². The van der Waals surface area contributed by atoms with E-state index in [1.54, 1.807) is 0 Å². The highest BCUT2D eigenvalue weighted by Crippen LogP contribution is 2.43. The van der Waals surface area contributed by atoms with Crippen molar-refractivity contribution in [2.45, 2.75) is 33.2 Å². The van der Waals surface area contributed by atoms with Crippen molar-refractivity contribution in [1.82, 2.24) is 4.90 Å².